The normalized spacial score (nSPS) is 13.6. The van der Waals surface area contributed by atoms with E-state index < -0.39 is 29.4 Å². The molecule has 1 atom stereocenters. The van der Waals surface area contributed by atoms with Crippen LogP contribution in [-0.4, -0.2) is 65.7 Å². The van der Waals surface area contributed by atoms with Crippen LogP contribution in [0.25, 0.3) is 0 Å². The Bertz CT molecular complexity index is 1290. The van der Waals surface area contributed by atoms with Gasteiger partial charge in [-0.2, -0.15) is 8.78 Å². The molecular weight excluding hydrogens is 542 g/mol. The van der Waals surface area contributed by atoms with E-state index in [0.29, 0.717) is 19.7 Å². The lowest BCUT2D eigenvalue weighted by atomic mass is 10.1. The summed E-state index contributed by atoms with van der Waals surface area (Å²) in [6.45, 7) is 2.76. The predicted octanol–water partition coefficient (Wildman–Crippen LogP) is 4.89. The Hall–Kier alpha value is -4.05. The molecule has 3 N–H and O–H groups in total. The molecule has 1 amide bonds. The molecule has 0 fully saturated rings. The molecule has 0 saturated carbocycles. The maximum Gasteiger partial charge on any atom is 0.349 e. The molecular formula is C32H38F2N4O4. The summed E-state index contributed by atoms with van der Waals surface area (Å²) in [5.41, 5.74) is 1.78. The zero-order valence-electron chi connectivity index (χ0n) is 23.6. The van der Waals surface area contributed by atoms with Gasteiger partial charge in [-0.25, -0.2) is 9.78 Å². The van der Waals surface area contributed by atoms with Gasteiger partial charge in [-0.1, -0.05) is 54.6 Å². The molecule has 0 radical (unpaired) electrons. The number of carbonyl (C=O) groups is 2. The molecule has 0 unspecified atom stereocenters. The number of anilines is 1. The smallest absolute Gasteiger partial charge is 0.349 e. The fourth-order valence-electron chi connectivity index (χ4n) is 4.89. The topological polar surface area (TPSA) is 104 Å². The van der Waals surface area contributed by atoms with Crippen LogP contribution in [0.4, 0.5) is 14.6 Å². The summed E-state index contributed by atoms with van der Waals surface area (Å²) >= 11 is 0. The number of alkyl halides is 2. The molecule has 1 aliphatic rings. The van der Waals surface area contributed by atoms with Crippen LogP contribution in [0.15, 0.2) is 72.8 Å². The number of carbonyl (C=O) groups excluding carboxylic acids is 1. The average molecular weight is 581 g/mol. The van der Waals surface area contributed by atoms with Gasteiger partial charge >= 0.3 is 11.9 Å². The Balaban J connectivity index is 1.32. The number of nitrogens with one attached hydrogen (secondary N) is 2. The van der Waals surface area contributed by atoms with E-state index >= 15 is 0 Å². The van der Waals surface area contributed by atoms with Crippen LogP contribution in [-0.2, 0) is 28.4 Å². The Morgan fingerprint density at radius 2 is 1.74 bits per heavy atom. The van der Waals surface area contributed by atoms with Crippen LogP contribution in [0.2, 0.25) is 0 Å². The fourth-order valence-corrected chi connectivity index (χ4v) is 4.89. The third kappa shape index (κ3) is 8.97. The van der Waals surface area contributed by atoms with Crippen molar-refractivity contribution < 1.29 is 28.2 Å². The molecule has 4 rings (SSSR count). The van der Waals surface area contributed by atoms with Gasteiger partial charge in [0.05, 0.1) is 0 Å². The Kier molecular flexibility index (Phi) is 11.2. The number of aliphatic carboxylic acids is 1. The molecule has 1 aromatic heterocycles. The van der Waals surface area contributed by atoms with Crippen molar-refractivity contribution in [2.75, 3.05) is 38.1 Å². The Morgan fingerprint density at radius 3 is 2.48 bits per heavy atom. The quantitative estimate of drug-likeness (QED) is 0.207. The standard InChI is InChI=1S/C32H38F2N4O4/c33-32(34,25-11-3-1-4-12-25)31(41)37-28(30(39)40)18-21-38(22-23-42-27-14-5-2-6-15-27)20-8-7-13-26-17-16-24-10-9-19-35-29(24)36-26/h1-6,11-12,14-17,28H,7-10,13,18-23H2,(H,35,36)(H,37,41)(H,39,40)/t28-/m0/s1. The number of nitrogens with zero attached hydrogens (tertiary/aromatic N) is 2. The zero-order chi connectivity index (χ0) is 29.8. The van der Waals surface area contributed by atoms with Crippen LogP contribution in [0.3, 0.4) is 0 Å². The second kappa shape index (κ2) is 15.3. The van der Waals surface area contributed by atoms with Crippen molar-refractivity contribution in [1.29, 1.82) is 0 Å². The number of carboxylic acid groups (broad SMARTS) is 1. The Morgan fingerprint density at radius 1 is 1.00 bits per heavy atom. The van der Waals surface area contributed by atoms with E-state index in [0.717, 1.165) is 68.0 Å². The summed E-state index contributed by atoms with van der Waals surface area (Å²) in [5.74, 6) is -5.15. The second-order valence-electron chi connectivity index (χ2n) is 10.4. The lowest BCUT2D eigenvalue weighted by molar-refractivity contribution is -0.152. The number of pyridine rings is 1. The number of carboxylic acids is 1. The van der Waals surface area contributed by atoms with Gasteiger partial charge in [0.25, 0.3) is 5.91 Å². The predicted molar refractivity (Wildman–Crippen MR) is 157 cm³/mol. The van der Waals surface area contributed by atoms with Crippen molar-refractivity contribution in [3.63, 3.8) is 0 Å². The fraction of sp³-hybridized carbons (Fsp3) is 0.406. The van der Waals surface area contributed by atoms with Crippen molar-refractivity contribution in [3.8, 4) is 5.75 Å². The van der Waals surface area contributed by atoms with Crippen LogP contribution < -0.4 is 15.4 Å². The first kappa shape index (κ1) is 30.9. The summed E-state index contributed by atoms with van der Waals surface area (Å²) in [7, 11) is 0. The SMILES string of the molecule is O=C(O)[C@H](CCN(CCCCc1ccc2c(n1)NCCC2)CCOc1ccccc1)NC(=O)C(F)(F)c1ccccc1. The van der Waals surface area contributed by atoms with E-state index in [1.54, 1.807) is 6.07 Å². The summed E-state index contributed by atoms with van der Waals surface area (Å²) in [6, 6.07) is 18.8. The van der Waals surface area contributed by atoms with Gasteiger partial charge in [0, 0.05) is 30.9 Å². The maximum atomic E-state index is 14.7. The Labute approximate surface area is 245 Å². The zero-order valence-corrected chi connectivity index (χ0v) is 23.6. The number of fused-ring (bicyclic) bond motifs is 1. The first-order chi connectivity index (χ1) is 20.3. The minimum absolute atomic E-state index is 0.0324. The number of halogens is 2. The number of para-hydroxylation sites is 1. The van der Waals surface area contributed by atoms with Gasteiger partial charge in [-0.3, -0.25) is 9.69 Å². The molecule has 0 saturated heterocycles. The first-order valence-corrected chi connectivity index (χ1v) is 14.4. The number of amides is 1. The molecule has 224 valence electrons. The number of aryl methyl sites for hydroxylation is 2. The van der Waals surface area contributed by atoms with E-state index in [4.69, 9.17) is 9.72 Å². The summed E-state index contributed by atoms with van der Waals surface area (Å²) in [5, 5.41) is 15.1. The number of rotatable bonds is 16. The van der Waals surface area contributed by atoms with Crippen molar-refractivity contribution in [1.82, 2.24) is 15.2 Å². The molecule has 8 nitrogen and oxygen atoms in total. The van der Waals surface area contributed by atoms with Crippen LogP contribution in [0.1, 0.15) is 42.5 Å². The van der Waals surface area contributed by atoms with Crippen molar-refractivity contribution >= 4 is 17.7 Å². The van der Waals surface area contributed by atoms with E-state index in [9.17, 15) is 23.5 Å². The second-order valence-corrected chi connectivity index (χ2v) is 10.4. The molecule has 0 bridgehead atoms. The highest BCUT2D eigenvalue weighted by Crippen LogP contribution is 2.28. The lowest BCUT2D eigenvalue weighted by Gasteiger charge is -2.25. The summed E-state index contributed by atoms with van der Waals surface area (Å²) in [6.07, 6.45) is 4.63. The summed E-state index contributed by atoms with van der Waals surface area (Å²) in [4.78, 5) is 31.1. The van der Waals surface area contributed by atoms with Crippen molar-refractivity contribution in [3.05, 3.63) is 89.6 Å². The minimum Gasteiger partial charge on any atom is -0.492 e. The molecule has 0 aliphatic carbocycles. The molecule has 1 aliphatic heterocycles. The molecule has 10 heteroatoms. The monoisotopic (exact) mass is 580 g/mol. The van der Waals surface area contributed by atoms with Gasteiger partial charge in [-0.05, 0) is 68.8 Å². The number of hydrogen-bond donors (Lipinski definition) is 3. The van der Waals surface area contributed by atoms with Gasteiger partial charge in [-0.15, -0.1) is 0 Å². The van der Waals surface area contributed by atoms with Crippen LogP contribution in [0.5, 0.6) is 5.75 Å². The first-order valence-electron chi connectivity index (χ1n) is 14.4. The van der Waals surface area contributed by atoms with Gasteiger partial charge in [0.15, 0.2) is 0 Å². The van der Waals surface area contributed by atoms with Crippen molar-refractivity contribution in [2.24, 2.45) is 0 Å². The van der Waals surface area contributed by atoms with E-state index in [-0.39, 0.29) is 13.0 Å². The van der Waals surface area contributed by atoms with Crippen LogP contribution in [0, 0.1) is 0 Å². The highest BCUT2D eigenvalue weighted by molar-refractivity contribution is 5.88. The lowest BCUT2D eigenvalue weighted by Crippen LogP contribution is -2.48. The van der Waals surface area contributed by atoms with Crippen LogP contribution >= 0.6 is 0 Å². The third-order valence-electron chi connectivity index (χ3n) is 7.29. The average Bonchev–Trinajstić information content (AvgIpc) is 3.01. The van der Waals surface area contributed by atoms with E-state index in [1.807, 2.05) is 40.5 Å². The number of benzene rings is 2. The molecule has 3 aromatic rings. The number of ether oxygens (including phenoxy) is 1. The highest BCUT2D eigenvalue weighted by Gasteiger charge is 2.42. The van der Waals surface area contributed by atoms with Gasteiger partial charge < -0.3 is 20.5 Å². The molecule has 0 spiro atoms. The molecule has 42 heavy (non-hydrogen) atoms. The number of aromatic nitrogens is 1. The minimum atomic E-state index is -3.85. The molecule has 2 aromatic carbocycles. The number of unbranched alkanes of at least 4 members (excludes halogenated alkanes) is 1. The summed E-state index contributed by atoms with van der Waals surface area (Å²) < 4.78 is 35.2. The van der Waals surface area contributed by atoms with E-state index in [1.165, 1.54) is 17.7 Å². The third-order valence-corrected chi connectivity index (χ3v) is 7.29. The molecule has 2 heterocycles. The van der Waals surface area contributed by atoms with Gasteiger partial charge in [0.1, 0.15) is 24.2 Å². The largest absolute Gasteiger partial charge is 0.492 e. The highest BCUT2D eigenvalue weighted by atomic mass is 19.3. The maximum absolute atomic E-state index is 14.7. The van der Waals surface area contributed by atoms with Gasteiger partial charge in [0.2, 0.25) is 0 Å². The van der Waals surface area contributed by atoms with E-state index in [2.05, 4.69) is 17.4 Å². The van der Waals surface area contributed by atoms with Crippen molar-refractivity contribution in [2.45, 2.75) is 50.5 Å². The number of hydrogen-bond acceptors (Lipinski definition) is 6.